The van der Waals surface area contributed by atoms with E-state index in [-0.39, 0.29) is 35.6 Å². The van der Waals surface area contributed by atoms with Crippen LogP contribution in [0.25, 0.3) is 0 Å². The summed E-state index contributed by atoms with van der Waals surface area (Å²) in [5.74, 6) is 3.44. The van der Waals surface area contributed by atoms with Crippen LogP contribution in [0.5, 0.6) is 0 Å². The maximum Gasteiger partial charge on any atom is 0.0614 e. The lowest BCUT2D eigenvalue weighted by Gasteiger charge is -2.56. The van der Waals surface area contributed by atoms with Gasteiger partial charge in [0.2, 0.25) is 0 Å². The van der Waals surface area contributed by atoms with E-state index in [1.165, 1.54) is 19.4 Å². The summed E-state index contributed by atoms with van der Waals surface area (Å²) in [7, 11) is 0. The van der Waals surface area contributed by atoms with Crippen molar-refractivity contribution in [2.45, 2.75) is 96.5 Å². The molecule has 0 aromatic heterocycles. The average Bonchev–Trinajstić information content (AvgIpc) is 3.12. The van der Waals surface area contributed by atoms with Crippen LogP contribution in [0.2, 0.25) is 0 Å². The molecule has 4 heteroatoms. The van der Waals surface area contributed by atoms with Gasteiger partial charge in [-0.1, -0.05) is 31.9 Å². The van der Waals surface area contributed by atoms with E-state index in [9.17, 15) is 15.3 Å². The highest BCUT2D eigenvalue weighted by molar-refractivity contribution is 5.35. The van der Waals surface area contributed by atoms with Gasteiger partial charge < -0.3 is 15.3 Å². The van der Waals surface area contributed by atoms with Gasteiger partial charge in [-0.25, -0.2) is 0 Å². The third kappa shape index (κ3) is 3.00. The van der Waals surface area contributed by atoms with Crippen molar-refractivity contribution < 1.29 is 15.3 Å². The lowest BCUT2D eigenvalue weighted by atomic mass is 9.51. The topological polar surface area (TPSA) is 63.9 Å². The van der Waals surface area contributed by atoms with E-state index in [4.69, 9.17) is 0 Å². The summed E-state index contributed by atoms with van der Waals surface area (Å²) in [6, 6.07) is 0.696. The van der Waals surface area contributed by atoms with Gasteiger partial charge in [0.25, 0.3) is 0 Å². The Morgan fingerprint density at radius 1 is 0.903 bits per heavy atom. The molecule has 0 bridgehead atoms. The molecule has 174 valence electrons. The molecule has 4 aliphatic carbocycles. The second kappa shape index (κ2) is 7.29. The van der Waals surface area contributed by atoms with Gasteiger partial charge in [-0.05, 0) is 92.3 Å². The molecule has 4 nitrogen and oxygen atoms in total. The van der Waals surface area contributed by atoms with Gasteiger partial charge in [0.05, 0.1) is 18.3 Å². The van der Waals surface area contributed by atoms with Crippen molar-refractivity contribution in [2.24, 2.45) is 46.8 Å². The normalized spacial score (nSPS) is 56.9. The van der Waals surface area contributed by atoms with Crippen molar-refractivity contribution in [3.05, 3.63) is 11.1 Å². The number of piperidine rings is 2. The molecule has 0 aromatic rings. The maximum atomic E-state index is 11.5. The molecular formula is C27H43NO3. The third-order valence-electron chi connectivity index (χ3n) is 11.4. The lowest BCUT2D eigenvalue weighted by Crippen LogP contribution is -2.56. The first-order valence-corrected chi connectivity index (χ1v) is 13.3. The molecule has 0 spiro atoms. The number of hydrogen-bond acceptors (Lipinski definition) is 4. The van der Waals surface area contributed by atoms with Gasteiger partial charge in [0.1, 0.15) is 0 Å². The molecular weight excluding hydrogens is 386 g/mol. The Bertz CT molecular complexity index is 766. The molecule has 0 aromatic carbocycles. The first-order valence-electron chi connectivity index (χ1n) is 13.3. The van der Waals surface area contributed by atoms with Crippen molar-refractivity contribution in [1.82, 2.24) is 4.90 Å². The van der Waals surface area contributed by atoms with Gasteiger partial charge in [-0.15, -0.1) is 0 Å². The Kier molecular flexibility index (Phi) is 4.97. The van der Waals surface area contributed by atoms with E-state index in [0.717, 1.165) is 51.0 Å². The predicted molar refractivity (Wildman–Crippen MR) is 121 cm³/mol. The Labute approximate surface area is 188 Å². The van der Waals surface area contributed by atoms with Crippen LogP contribution in [0, 0.1) is 46.8 Å². The van der Waals surface area contributed by atoms with Crippen LogP contribution in [0.4, 0.5) is 0 Å². The van der Waals surface area contributed by atoms with Crippen LogP contribution in [-0.2, 0) is 0 Å². The quantitative estimate of drug-likeness (QED) is 0.515. The zero-order valence-electron chi connectivity index (χ0n) is 19.7. The Morgan fingerprint density at radius 2 is 1.71 bits per heavy atom. The number of hydrogen-bond donors (Lipinski definition) is 3. The van der Waals surface area contributed by atoms with Crippen LogP contribution in [-0.4, -0.2) is 57.7 Å². The Hall–Kier alpha value is -0.420. The molecule has 3 N–H and O–H groups in total. The summed E-state index contributed by atoms with van der Waals surface area (Å²) in [5.41, 5.74) is 3.39. The highest BCUT2D eigenvalue weighted by atomic mass is 16.3. The zero-order valence-corrected chi connectivity index (χ0v) is 19.7. The highest BCUT2D eigenvalue weighted by Crippen LogP contribution is 2.65. The van der Waals surface area contributed by atoms with Crippen molar-refractivity contribution >= 4 is 0 Å². The SMILES string of the molecule is C[C@H]1CC[C@H]2[C@H](C)[C@H]3C[C@H](O)[C@@H]4C(=C3CN2C1)C[C@H]1[C@H]4C[C@@H](O)[C@H]2C[C@H](O)CC[C@@]21C. The van der Waals surface area contributed by atoms with Crippen molar-refractivity contribution in [1.29, 1.82) is 0 Å². The van der Waals surface area contributed by atoms with Crippen LogP contribution in [0.15, 0.2) is 11.1 Å². The molecule has 2 saturated heterocycles. The minimum Gasteiger partial charge on any atom is -0.393 e. The Balaban J connectivity index is 1.37. The van der Waals surface area contributed by atoms with E-state index in [1.807, 2.05) is 0 Å². The van der Waals surface area contributed by atoms with Gasteiger partial charge in [0, 0.05) is 25.0 Å². The van der Waals surface area contributed by atoms with Gasteiger partial charge in [-0.3, -0.25) is 4.90 Å². The first kappa shape index (κ1) is 21.1. The van der Waals surface area contributed by atoms with Crippen molar-refractivity contribution in [2.75, 3.05) is 13.1 Å². The average molecular weight is 430 g/mol. The second-order valence-electron chi connectivity index (χ2n) is 12.8. The number of aliphatic hydroxyl groups excluding tert-OH is 3. The highest BCUT2D eigenvalue weighted by Gasteiger charge is 2.61. The minimum atomic E-state index is -0.326. The zero-order chi connectivity index (χ0) is 21.7. The smallest absolute Gasteiger partial charge is 0.0614 e. The van der Waals surface area contributed by atoms with E-state index in [0.29, 0.717) is 29.7 Å². The van der Waals surface area contributed by atoms with E-state index >= 15 is 0 Å². The summed E-state index contributed by atoms with van der Waals surface area (Å²) >= 11 is 0. The van der Waals surface area contributed by atoms with Crippen LogP contribution in [0.3, 0.4) is 0 Å². The van der Waals surface area contributed by atoms with Crippen molar-refractivity contribution in [3.63, 3.8) is 0 Å². The standard InChI is InChI=1S/C27H43NO3/c1-14-4-5-23-15(2)17-10-25(31)26-18(20(17)13-28(23)12-14)9-21-19(26)11-24(30)22-8-16(29)6-7-27(21,22)3/h14-17,19,21-26,29-31H,4-13H2,1-3H3/t14-,15+,16+,17+,19+,21-,22+,23-,24+,25-,26+,27+/m0/s1. The fourth-order valence-corrected chi connectivity index (χ4v) is 9.84. The summed E-state index contributed by atoms with van der Waals surface area (Å²) in [6.07, 6.45) is 7.39. The fraction of sp³-hybridized carbons (Fsp3) is 0.926. The number of aliphatic hydroxyl groups is 3. The summed E-state index contributed by atoms with van der Waals surface area (Å²) in [6.45, 7) is 9.62. The molecule has 5 fully saturated rings. The van der Waals surface area contributed by atoms with Gasteiger partial charge in [-0.2, -0.15) is 0 Å². The lowest BCUT2D eigenvalue weighted by molar-refractivity contribution is -0.135. The molecule has 3 saturated carbocycles. The van der Waals surface area contributed by atoms with E-state index < -0.39 is 0 Å². The summed E-state index contributed by atoms with van der Waals surface area (Å²) < 4.78 is 0. The Morgan fingerprint density at radius 3 is 2.52 bits per heavy atom. The summed E-state index contributed by atoms with van der Waals surface area (Å²) in [4.78, 5) is 2.78. The summed E-state index contributed by atoms with van der Waals surface area (Å²) in [5, 5.41) is 32.9. The van der Waals surface area contributed by atoms with Gasteiger partial charge in [0.15, 0.2) is 0 Å². The largest absolute Gasteiger partial charge is 0.393 e. The van der Waals surface area contributed by atoms with E-state index in [2.05, 4.69) is 25.7 Å². The molecule has 2 heterocycles. The number of fused-ring (bicyclic) bond motifs is 7. The van der Waals surface area contributed by atoms with Crippen molar-refractivity contribution in [3.8, 4) is 0 Å². The van der Waals surface area contributed by atoms with Crippen LogP contribution in [0.1, 0.15) is 72.1 Å². The maximum absolute atomic E-state index is 11.5. The number of nitrogens with zero attached hydrogens (tertiary/aromatic N) is 1. The minimum absolute atomic E-state index is 0.101. The molecule has 12 atom stereocenters. The van der Waals surface area contributed by atoms with Crippen LogP contribution >= 0.6 is 0 Å². The van der Waals surface area contributed by atoms with Gasteiger partial charge >= 0.3 is 0 Å². The molecule has 0 unspecified atom stereocenters. The van der Waals surface area contributed by atoms with E-state index in [1.54, 1.807) is 11.1 Å². The second-order valence-corrected chi connectivity index (χ2v) is 12.8. The molecule has 0 radical (unpaired) electrons. The first-order chi connectivity index (χ1) is 14.8. The third-order valence-corrected chi connectivity index (χ3v) is 11.4. The monoisotopic (exact) mass is 429 g/mol. The number of rotatable bonds is 0. The molecule has 6 rings (SSSR count). The van der Waals surface area contributed by atoms with Crippen LogP contribution < -0.4 is 0 Å². The fourth-order valence-electron chi connectivity index (χ4n) is 9.84. The molecule has 0 amide bonds. The molecule has 31 heavy (non-hydrogen) atoms. The molecule has 2 aliphatic heterocycles. The molecule has 6 aliphatic rings. The predicted octanol–water partition coefficient (Wildman–Crippen LogP) is 3.60.